The van der Waals surface area contributed by atoms with Crippen molar-refractivity contribution in [3.8, 4) is 22.7 Å². The molecule has 2 aromatic carbocycles. The molecule has 1 aromatic heterocycles. The highest BCUT2D eigenvalue weighted by atomic mass is 32.2. The van der Waals surface area contributed by atoms with E-state index >= 15 is 0 Å². The number of amides is 1. The third-order valence-corrected chi connectivity index (χ3v) is 7.91. The van der Waals surface area contributed by atoms with Crippen LogP contribution >= 0.6 is 24.0 Å². The zero-order valence-corrected chi connectivity index (χ0v) is 24.0. The second-order valence-electron chi connectivity index (χ2n) is 9.54. The lowest BCUT2D eigenvalue weighted by Crippen LogP contribution is -2.29. The van der Waals surface area contributed by atoms with Crippen LogP contribution in [0.15, 0.2) is 65.7 Å². The Morgan fingerprint density at radius 1 is 0.947 bits per heavy atom. The number of unbranched alkanes of at least 4 members (excludes halogenated alkanes) is 6. The molecule has 0 atom stereocenters. The predicted molar refractivity (Wildman–Crippen MR) is 163 cm³/mol. The van der Waals surface area contributed by atoms with Gasteiger partial charge in [-0.25, -0.2) is 4.68 Å². The summed E-state index contributed by atoms with van der Waals surface area (Å²) in [6, 6.07) is 18.0. The van der Waals surface area contributed by atoms with Crippen LogP contribution in [0.2, 0.25) is 0 Å². The van der Waals surface area contributed by atoms with Gasteiger partial charge in [0, 0.05) is 23.9 Å². The molecule has 0 bridgehead atoms. The highest BCUT2D eigenvalue weighted by molar-refractivity contribution is 8.26. The van der Waals surface area contributed by atoms with Crippen molar-refractivity contribution in [2.24, 2.45) is 0 Å². The molecule has 0 unspecified atom stereocenters. The Morgan fingerprint density at radius 2 is 1.71 bits per heavy atom. The molecule has 4 rings (SSSR count). The van der Waals surface area contributed by atoms with Crippen molar-refractivity contribution in [1.82, 2.24) is 14.7 Å². The Bertz CT molecular complexity index is 1250. The fourth-order valence-corrected chi connectivity index (χ4v) is 5.68. The molecular formula is C31H37N3O2S2. The van der Waals surface area contributed by atoms with Crippen molar-refractivity contribution < 1.29 is 9.53 Å². The van der Waals surface area contributed by atoms with Crippen LogP contribution in [0.25, 0.3) is 23.0 Å². The van der Waals surface area contributed by atoms with Crippen LogP contribution in [-0.4, -0.2) is 38.1 Å². The number of thioether (sulfide) groups is 1. The summed E-state index contributed by atoms with van der Waals surface area (Å²) >= 11 is 6.98. The molecule has 0 saturated carbocycles. The maximum absolute atomic E-state index is 13.3. The van der Waals surface area contributed by atoms with Crippen LogP contribution in [-0.2, 0) is 4.79 Å². The molecular weight excluding hydrogens is 510 g/mol. The van der Waals surface area contributed by atoms with Gasteiger partial charge in [-0.05, 0) is 43.2 Å². The van der Waals surface area contributed by atoms with Crippen LogP contribution in [0.4, 0.5) is 0 Å². The van der Waals surface area contributed by atoms with Gasteiger partial charge in [0.15, 0.2) is 0 Å². The minimum Gasteiger partial charge on any atom is -0.494 e. The van der Waals surface area contributed by atoms with E-state index in [0.29, 0.717) is 22.4 Å². The van der Waals surface area contributed by atoms with E-state index in [4.69, 9.17) is 22.1 Å². The van der Waals surface area contributed by atoms with Crippen molar-refractivity contribution in [2.75, 3.05) is 13.2 Å². The average Bonchev–Trinajstić information content (AvgIpc) is 3.47. The first kappa shape index (κ1) is 28.1. The van der Waals surface area contributed by atoms with E-state index in [1.807, 2.05) is 71.6 Å². The number of ether oxygens (including phenoxy) is 1. The first-order valence-electron chi connectivity index (χ1n) is 13.7. The molecule has 1 amide bonds. The van der Waals surface area contributed by atoms with Crippen LogP contribution in [0.1, 0.15) is 70.8 Å². The van der Waals surface area contributed by atoms with Crippen LogP contribution in [0.3, 0.4) is 0 Å². The first-order valence-corrected chi connectivity index (χ1v) is 15.0. The molecule has 0 radical (unpaired) electrons. The van der Waals surface area contributed by atoms with Gasteiger partial charge in [0.25, 0.3) is 5.91 Å². The normalized spacial score (nSPS) is 14.6. The molecule has 2 heterocycles. The van der Waals surface area contributed by atoms with E-state index in [1.165, 1.54) is 37.4 Å². The maximum atomic E-state index is 13.3. The molecule has 1 fully saturated rings. The number of carbonyl (C=O) groups excluding carboxylic acids is 1. The molecule has 7 heteroatoms. The van der Waals surface area contributed by atoms with Crippen LogP contribution < -0.4 is 4.74 Å². The Labute approximate surface area is 236 Å². The molecule has 3 aromatic rings. The SMILES string of the molecule is CCCCCCCCN1C(=O)C(=Cc2cn(-c3ccccc3)nc2-c2cccc(OCCCC)c2)SC1=S. The molecule has 0 spiro atoms. The minimum atomic E-state index is -0.0105. The lowest BCUT2D eigenvalue weighted by molar-refractivity contribution is -0.122. The Hall–Kier alpha value is -2.90. The number of para-hydroxylation sites is 1. The van der Waals surface area contributed by atoms with E-state index < -0.39 is 0 Å². The standard InChI is InChI=1S/C31H37N3O2S2/c1-3-5-7-8-9-13-19-33-30(35)28(38-31(33)37)22-25-23-34(26-16-11-10-12-17-26)32-29(25)24-15-14-18-27(21-24)36-20-6-4-2/h10-12,14-18,21-23H,3-9,13,19-20H2,1-2H3. The van der Waals surface area contributed by atoms with Gasteiger partial charge in [-0.15, -0.1) is 0 Å². The van der Waals surface area contributed by atoms with Gasteiger partial charge < -0.3 is 4.74 Å². The number of carbonyl (C=O) groups is 1. The highest BCUT2D eigenvalue weighted by Crippen LogP contribution is 2.35. The maximum Gasteiger partial charge on any atom is 0.266 e. The average molecular weight is 548 g/mol. The van der Waals surface area contributed by atoms with E-state index in [9.17, 15) is 4.79 Å². The lowest BCUT2D eigenvalue weighted by atomic mass is 10.1. The van der Waals surface area contributed by atoms with Crippen LogP contribution in [0, 0.1) is 0 Å². The van der Waals surface area contributed by atoms with Crippen molar-refractivity contribution in [1.29, 1.82) is 0 Å². The summed E-state index contributed by atoms with van der Waals surface area (Å²) in [6.07, 6.45) is 13.1. The fourth-order valence-electron chi connectivity index (χ4n) is 4.38. The van der Waals surface area contributed by atoms with E-state index in [0.717, 1.165) is 53.9 Å². The van der Waals surface area contributed by atoms with Gasteiger partial charge in [0.1, 0.15) is 15.8 Å². The summed E-state index contributed by atoms with van der Waals surface area (Å²) in [6.45, 7) is 5.74. The second kappa shape index (κ2) is 14.3. The number of benzene rings is 2. The summed E-state index contributed by atoms with van der Waals surface area (Å²) in [4.78, 5) is 15.7. The largest absolute Gasteiger partial charge is 0.494 e. The smallest absolute Gasteiger partial charge is 0.266 e. The number of hydrogen-bond donors (Lipinski definition) is 0. The van der Waals surface area contributed by atoms with Gasteiger partial charge in [0.2, 0.25) is 0 Å². The van der Waals surface area contributed by atoms with Crippen LogP contribution in [0.5, 0.6) is 5.75 Å². The van der Waals surface area contributed by atoms with Crippen molar-refractivity contribution in [3.05, 3.63) is 71.3 Å². The lowest BCUT2D eigenvalue weighted by Gasteiger charge is -2.14. The Balaban J connectivity index is 1.58. The minimum absolute atomic E-state index is 0.0105. The summed E-state index contributed by atoms with van der Waals surface area (Å²) in [5.74, 6) is 0.810. The van der Waals surface area contributed by atoms with Gasteiger partial charge >= 0.3 is 0 Å². The van der Waals surface area contributed by atoms with Gasteiger partial charge in [-0.1, -0.05) is 107 Å². The molecule has 38 heavy (non-hydrogen) atoms. The van der Waals surface area contributed by atoms with Crippen molar-refractivity contribution in [2.45, 2.75) is 65.2 Å². The van der Waals surface area contributed by atoms with Gasteiger partial charge in [-0.2, -0.15) is 5.10 Å². The topological polar surface area (TPSA) is 47.4 Å². The molecule has 1 aliphatic heterocycles. The molecule has 5 nitrogen and oxygen atoms in total. The molecule has 1 saturated heterocycles. The monoisotopic (exact) mass is 547 g/mol. The van der Waals surface area contributed by atoms with E-state index in [2.05, 4.69) is 13.8 Å². The Morgan fingerprint density at radius 3 is 2.50 bits per heavy atom. The predicted octanol–water partition coefficient (Wildman–Crippen LogP) is 8.28. The first-order chi connectivity index (χ1) is 18.6. The number of aromatic nitrogens is 2. The summed E-state index contributed by atoms with van der Waals surface area (Å²) in [7, 11) is 0. The van der Waals surface area contributed by atoms with E-state index in [-0.39, 0.29) is 5.91 Å². The molecule has 1 aliphatic rings. The summed E-state index contributed by atoms with van der Waals surface area (Å²) < 4.78 is 8.46. The zero-order valence-electron chi connectivity index (χ0n) is 22.4. The van der Waals surface area contributed by atoms with E-state index in [1.54, 1.807) is 4.90 Å². The molecule has 200 valence electrons. The summed E-state index contributed by atoms with van der Waals surface area (Å²) in [5, 5.41) is 4.93. The van der Waals surface area contributed by atoms with Gasteiger partial charge in [0.05, 0.1) is 17.2 Å². The van der Waals surface area contributed by atoms with Crippen molar-refractivity contribution in [3.63, 3.8) is 0 Å². The fraction of sp³-hybridized carbons (Fsp3) is 0.387. The van der Waals surface area contributed by atoms with Gasteiger partial charge in [-0.3, -0.25) is 9.69 Å². The molecule has 0 aliphatic carbocycles. The Kier molecular flexibility index (Phi) is 10.6. The quantitative estimate of drug-likeness (QED) is 0.115. The molecule has 0 N–H and O–H groups in total. The van der Waals surface area contributed by atoms with Crippen molar-refractivity contribution >= 4 is 40.3 Å². The number of rotatable bonds is 14. The number of thiocarbonyl (C=S) groups is 1. The number of nitrogens with zero attached hydrogens (tertiary/aromatic N) is 3. The highest BCUT2D eigenvalue weighted by Gasteiger charge is 2.32. The zero-order chi connectivity index (χ0) is 26.7. The second-order valence-corrected chi connectivity index (χ2v) is 11.2. The third-order valence-electron chi connectivity index (χ3n) is 6.53. The summed E-state index contributed by atoms with van der Waals surface area (Å²) in [5.41, 5.74) is 3.58. The third kappa shape index (κ3) is 7.35. The number of hydrogen-bond acceptors (Lipinski definition) is 5.